The third kappa shape index (κ3) is 11.9. The van der Waals surface area contributed by atoms with Gasteiger partial charge in [-0.05, 0) is 59.6 Å². The zero-order chi connectivity index (χ0) is 33.6. The molecule has 11 heteroatoms. The smallest absolute Gasteiger partial charge is 0.408 e. The molecule has 3 atom stereocenters. The van der Waals surface area contributed by atoms with E-state index < -0.39 is 47.9 Å². The molecule has 0 aliphatic carbocycles. The topological polar surface area (TPSA) is 163 Å². The number of carbonyl (C=O) groups excluding carboxylic acids is 4. The minimum atomic E-state index is -1.18. The van der Waals surface area contributed by atoms with Gasteiger partial charge in [0, 0.05) is 12.1 Å². The fourth-order valence-electron chi connectivity index (χ4n) is 4.89. The fraction of sp³-hybridized carbons (Fsp3) is 0.400. The van der Waals surface area contributed by atoms with E-state index in [-0.39, 0.29) is 44.1 Å². The van der Waals surface area contributed by atoms with Crippen molar-refractivity contribution in [2.75, 3.05) is 5.32 Å². The molecular formula is C35H44N4O7. The Morgan fingerprint density at radius 2 is 1.24 bits per heavy atom. The van der Waals surface area contributed by atoms with Crippen LogP contribution in [-0.4, -0.2) is 53.0 Å². The van der Waals surface area contributed by atoms with Gasteiger partial charge in [0.05, 0.1) is 0 Å². The lowest BCUT2D eigenvalue weighted by Crippen LogP contribution is -2.56. The molecule has 0 bridgehead atoms. The zero-order valence-electron chi connectivity index (χ0n) is 26.7. The maximum atomic E-state index is 13.6. The minimum Gasteiger partial charge on any atom is -0.481 e. The van der Waals surface area contributed by atoms with Crippen LogP contribution in [0, 0.1) is 11.8 Å². The van der Waals surface area contributed by atoms with Crippen molar-refractivity contribution >= 4 is 46.2 Å². The van der Waals surface area contributed by atoms with Gasteiger partial charge >= 0.3 is 12.1 Å². The molecule has 0 saturated heterocycles. The molecule has 246 valence electrons. The monoisotopic (exact) mass is 632 g/mol. The maximum absolute atomic E-state index is 13.6. The van der Waals surface area contributed by atoms with E-state index in [1.54, 1.807) is 12.1 Å². The SMILES string of the molecule is CC(C)C[C@H](NC(=O)OCc1ccccc1)C(=O)N[C@@H](CC(C)C)C(=O)N[C@@H](CCC(=O)O)C(=O)Nc1ccc2ccccc2c1. The third-order valence-corrected chi connectivity index (χ3v) is 7.17. The summed E-state index contributed by atoms with van der Waals surface area (Å²) in [5.41, 5.74) is 1.28. The van der Waals surface area contributed by atoms with Crippen molar-refractivity contribution in [2.45, 2.75) is 78.1 Å². The van der Waals surface area contributed by atoms with Crippen LogP contribution < -0.4 is 21.3 Å². The number of carboxylic acids is 1. The molecule has 3 aromatic carbocycles. The second-order valence-electron chi connectivity index (χ2n) is 12.1. The summed E-state index contributed by atoms with van der Waals surface area (Å²) in [6.45, 7) is 7.59. The highest BCUT2D eigenvalue weighted by molar-refractivity contribution is 6.00. The molecule has 0 aromatic heterocycles. The van der Waals surface area contributed by atoms with Crippen LogP contribution in [0.2, 0.25) is 0 Å². The molecule has 0 aliphatic rings. The summed E-state index contributed by atoms with van der Waals surface area (Å²) in [4.78, 5) is 64.3. The van der Waals surface area contributed by atoms with E-state index in [1.165, 1.54) is 0 Å². The van der Waals surface area contributed by atoms with Crippen molar-refractivity contribution < 1.29 is 33.8 Å². The molecule has 0 fully saturated rings. The van der Waals surface area contributed by atoms with Gasteiger partial charge < -0.3 is 31.1 Å². The Morgan fingerprint density at radius 1 is 0.674 bits per heavy atom. The minimum absolute atomic E-state index is 0.0210. The molecule has 3 rings (SSSR count). The second-order valence-corrected chi connectivity index (χ2v) is 12.1. The quantitative estimate of drug-likeness (QED) is 0.148. The molecule has 46 heavy (non-hydrogen) atoms. The number of nitrogens with one attached hydrogen (secondary N) is 4. The Labute approximate surface area is 269 Å². The van der Waals surface area contributed by atoms with Gasteiger partial charge in [-0.2, -0.15) is 0 Å². The van der Waals surface area contributed by atoms with Crippen molar-refractivity contribution in [3.63, 3.8) is 0 Å². The second kappa shape index (κ2) is 17.5. The van der Waals surface area contributed by atoms with E-state index in [4.69, 9.17) is 4.74 Å². The standard InChI is InChI=1S/C35H44N4O7/c1-22(2)18-29(38-34(44)30(19-23(3)4)39-35(45)46-21-24-10-6-5-7-11-24)33(43)37-28(16-17-31(40)41)32(42)36-27-15-14-25-12-8-9-13-26(25)20-27/h5-15,20,22-23,28-30H,16-19,21H2,1-4H3,(H,36,42)(H,37,43)(H,38,44)(H,39,45)(H,40,41)/t28-,29-,30-/m0/s1. The number of anilines is 1. The number of ether oxygens (including phenoxy) is 1. The number of carboxylic acid groups (broad SMARTS) is 1. The largest absolute Gasteiger partial charge is 0.481 e. The van der Waals surface area contributed by atoms with Crippen LogP contribution in [-0.2, 0) is 30.5 Å². The summed E-state index contributed by atoms with van der Waals surface area (Å²) in [6.07, 6.45) is -0.759. The number of hydrogen-bond acceptors (Lipinski definition) is 6. The van der Waals surface area contributed by atoms with Crippen LogP contribution in [0.15, 0.2) is 72.8 Å². The summed E-state index contributed by atoms with van der Waals surface area (Å²) in [6, 6.07) is 18.9. The summed E-state index contributed by atoms with van der Waals surface area (Å²) in [5, 5.41) is 22.0. The van der Waals surface area contributed by atoms with Crippen LogP contribution in [0.4, 0.5) is 10.5 Å². The summed E-state index contributed by atoms with van der Waals surface area (Å²) < 4.78 is 5.30. The predicted molar refractivity (Wildman–Crippen MR) is 176 cm³/mol. The normalized spacial score (nSPS) is 13.0. The van der Waals surface area contributed by atoms with Crippen molar-refractivity contribution in [2.24, 2.45) is 11.8 Å². The molecule has 0 saturated carbocycles. The van der Waals surface area contributed by atoms with Gasteiger partial charge in [-0.1, -0.05) is 88.4 Å². The lowest BCUT2D eigenvalue weighted by molar-refractivity contribution is -0.137. The van der Waals surface area contributed by atoms with Gasteiger partial charge in [0.2, 0.25) is 17.7 Å². The molecule has 0 heterocycles. The summed E-state index contributed by atoms with van der Waals surface area (Å²) in [7, 11) is 0. The number of hydrogen-bond donors (Lipinski definition) is 5. The van der Waals surface area contributed by atoms with Crippen molar-refractivity contribution in [1.29, 1.82) is 0 Å². The van der Waals surface area contributed by atoms with E-state index in [9.17, 15) is 29.1 Å². The number of carbonyl (C=O) groups is 5. The molecule has 0 spiro atoms. The first-order valence-electron chi connectivity index (χ1n) is 15.5. The first kappa shape index (κ1) is 35.5. The van der Waals surface area contributed by atoms with Crippen LogP contribution in [0.5, 0.6) is 0 Å². The maximum Gasteiger partial charge on any atom is 0.408 e. The Kier molecular flexibility index (Phi) is 13.5. The summed E-state index contributed by atoms with van der Waals surface area (Å²) >= 11 is 0. The Balaban J connectivity index is 1.71. The average molecular weight is 633 g/mol. The highest BCUT2D eigenvalue weighted by Gasteiger charge is 2.31. The van der Waals surface area contributed by atoms with Crippen molar-refractivity contribution in [3.05, 3.63) is 78.4 Å². The molecule has 0 aliphatic heterocycles. The van der Waals surface area contributed by atoms with Crippen LogP contribution >= 0.6 is 0 Å². The molecule has 0 unspecified atom stereocenters. The number of alkyl carbamates (subject to hydrolysis) is 1. The molecule has 11 nitrogen and oxygen atoms in total. The van der Waals surface area contributed by atoms with Gasteiger partial charge in [0.1, 0.15) is 24.7 Å². The fourth-order valence-corrected chi connectivity index (χ4v) is 4.89. The highest BCUT2D eigenvalue weighted by Crippen LogP contribution is 2.19. The lowest BCUT2D eigenvalue weighted by atomic mass is 9.99. The molecule has 4 amide bonds. The Bertz CT molecular complexity index is 1490. The van der Waals surface area contributed by atoms with Gasteiger partial charge in [0.15, 0.2) is 0 Å². The van der Waals surface area contributed by atoms with Gasteiger partial charge in [-0.3, -0.25) is 19.2 Å². The average Bonchev–Trinajstić information content (AvgIpc) is 3.01. The van der Waals surface area contributed by atoms with E-state index in [0.717, 1.165) is 16.3 Å². The van der Waals surface area contributed by atoms with E-state index >= 15 is 0 Å². The lowest BCUT2D eigenvalue weighted by Gasteiger charge is -2.26. The first-order chi connectivity index (χ1) is 21.9. The molecule has 5 N–H and O–H groups in total. The van der Waals surface area contributed by atoms with Crippen molar-refractivity contribution in [3.8, 4) is 0 Å². The Morgan fingerprint density at radius 3 is 1.85 bits per heavy atom. The Hall–Kier alpha value is -4.93. The summed E-state index contributed by atoms with van der Waals surface area (Å²) in [5.74, 6) is -2.91. The van der Waals surface area contributed by atoms with E-state index in [0.29, 0.717) is 5.69 Å². The number of fused-ring (bicyclic) bond motifs is 1. The molecule has 3 aromatic rings. The third-order valence-electron chi connectivity index (χ3n) is 7.17. The first-order valence-corrected chi connectivity index (χ1v) is 15.5. The van der Waals surface area contributed by atoms with E-state index in [2.05, 4.69) is 21.3 Å². The van der Waals surface area contributed by atoms with Crippen LogP contribution in [0.1, 0.15) is 58.9 Å². The number of rotatable bonds is 16. The van der Waals surface area contributed by atoms with Crippen molar-refractivity contribution in [1.82, 2.24) is 16.0 Å². The van der Waals surface area contributed by atoms with Gasteiger partial charge in [-0.25, -0.2) is 4.79 Å². The zero-order valence-corrected chi connectivity index (χ0v) is 26.7. The van der Waals surface area contributed by atoms with E-state index in [1.807, 2.05) is 88.4 Å². The van der Waals surface area contributed by atoms with Gasteiger partial charge in [-0.15, -0.1) is 0 Å². The van der Waals surface area contributed by atoms with Crippen LogP contribution in [0.3, 0.4) is 0 Å². The predicted octanol–water partition coefficient (Wildman–Crippen LogP) is 5.00. The molecule has 0 radical (unpaired) electrons. The van der Waals surface area contributed by atoms with Gasteiger partial charge in [0.25, 0.3) is 0 Å². The number of benzene rings is 3. The molecular weight excluding hydrogens is 588 g/mol. The number of amides is 4. The van der Waals surface area contributed by atoms with Crippen LogP contribution in [0.25, 0.3) is 10.8 Å². The highest BCUT2D eigenvalue weighted by atomic mass is 16.5. The number of aliphatic carboxylic acids is 1.